The van der Waals surface area contributed by atoms with Gasteiger partial charge < -0.3 is 19.9 Å². The Kier molecular flexibility index (Phi) is 6.63. The first-order chi connectivity index (χ1) is 14.4. The van der Waals surface area contributed by atoms with Gasteiger partial charge in [0.05, 0.1) is 38.2 Å². The summed E-state index contributed by atoms with van der Waals surface area (Å²) in [6.45, 7) is 4.47. The Balaban J connectivity index is 1.55. The standard InChI is InChI=1S/C21H24N4O5/c1-15-12-18(25(28)29)19(30-2)13-17(15)22-20(26)14-23-8-10-24(11-9-23)21(27)16-6-4-3-5-7-16/h3-7,12-13H,8-11,14H2,1-2H3,(H,22,26)/p+1. The zero-order valence-corrected chi connectivity index (χ0v) is 17.0. The van der Waals surface area contributed by atoms with Gasteiger partial charge in [-0.25, -0.2) is 0 Å². The van der Waals surface area contributed by atoms with Gasteiger partial charge in [0.15, 0.2) is 12.3 Å². The van der Waals surface area contributed by atoms with Crippen molar-refractivity contribution in [3.05, 3.63) is 63.7 Å². The lowest BCUT2D eigenvalue weighted by Gasteiger charge is -2.32. The van der Waals surface area contributed by atoms with Crippen LogP contribution in [0.5, 0.6) is 5.75 Å². The summed E-state index contributed by atoms with van der Waals surface area (Å²) in [5, 5.41) is 13.9. The summed E-state index contributed by atoms with van der Waals surface area (Å²) < 4.78 is 5.07. The number of hydrogen-bond acceptors (Lipinski definition) is 5. The van der Waals surface area contributed by atoms with E-state index in [0.29, 0.717) is 43.0 Å². The van der Waals surface area contributed by atoms with E-state index in [1.54, 1.807) is 19.1 Å². The summed E-state index contributed by atoms with van der Waals surface area (Å²) in [7, 11) is 1.35. The van der Waals surface area contributed by atoms with Crippen molar-refractivity contribution < 1.29 is 24.1 Å². The molecule has 2 N–H and O–H groups in total. The third-order valence-corrected chi connectivity index (χ3v) is 5.19. The number of nitrogens with zero attached hydrogens (tertiary/aromatic N) is 2. The molecular formula is C21H25N4O5+. The summed E-state index contributed by atoms with van der Waals surface area (Å²) in [4.78, 5) is 38.5. The number of hydrogen-bond donors (Lipinski definition) is 2. The fourth-order valence-corrected chi connectivity index (χ4v) is 3.50. The first kappa shape index (κ1) is 21.3. The van der Waals surface area contributed by atoms with Crippen LogP contribution in [-0.4, -0.2) is 61.5 Å². The van der Waals surface area contributed by atoms with Gasteiger partial charge in [0.25, 0.3) is 11.8 Å². The van der Waals surface area contributed by atoms with E-state index in [-0.39, 0.29) is 29.8 Å². The number of quaternary nitrogens is 1. The van der Waals surface area contributed by atoms with E-state index in [2.05, 4.69) is 5.32 Å². The minimum absolute atomic E-state index is 0.00713. The van der Waals surface area contributed by atoms with Gasteiger partial charge in [0.1, 0.15) is 0 Å². The number of benzene rings is 2. The molecule has 0 radical (unpaired) electrons. The van der Waals surface area contributed by atoms with Crippen LogP contribution in [0.25, 0.3) is 0 Å². The van der Waals surface area contributed by atoms with Crippen molar-refractivity contribution in [2.75, 3.05) is 45.2 Å². The second-order valence-corrected chi connectivity index (χ2v) is 7.23. The molecule has 1 fully saturated rings. The van der Waals surface area contributed by atoms with E-state index in [1.165, 1.54) is 19.2 Å². The summed E-state index contributed by atoms with van der Waals surface area (Å²) in [5.74, 6) is -0.0826. The minimum Gasteiger partial charge on any atom is -0.490 e. The van der Waals surface area contributed by atoms with Crippen LogP contribution in [0.4, 0.5) is 11.4 Å². The van der Waals surface area contributed by atoms with Crippen LogP contribution in [0, 0.1) is 17.0 Å². The number of nitro groups is 1. The fourth-order valence-electron chi connectivity index (χ4n) is 3.50. The van der Waals surface area contributed by atoms with Gasteiger partial charge in [0, 0.05) is 23.4 Å². The maximum atomic E-state index is 12.5. The van der Waals surface area contributed by atoms with Crippen LogP contribution in [-0.2, 0) is 4.79 Å². The number of aryl methyl sites for hydroxylation is 1. The molecule has 1 aliphatic rings. The van der Waals surface area contributed by atoms with Gasteiger partial charge in [-0.05, 0) is 24.6 Å². The van der Waals surface area contributed by atoms with Crippen LogP contribution in [0.1, 0.15) is 15.9 Å². The number of ether oxygens (including phenoxy) is 1. The Morgan fingerprint density at radius 1 is 1.20 bits per heavy atom. The van der Waals surface area contributed by atoms with Crippen molar-refractivity contribution in [1.29, 1.82) is 0 Å². The quantitative estimate of drug-likeness (QED) is 0.540. The highest BCUT2D eigenvalue weighted by Gasteiger charge is 2.26. The van der Waals surface area contributed by atoms with E-state index in [0.717, 1.165) is 4.90 Å². The van der Waals surface area contributed by atoms with Crippen LogP contribution in [0.2, 0.25) is 0 Å². The van der Waals surface area contributed by atoms with E-state index in [4.69, 9.17) is 4.74 Å². The molecule has 0 bridgehead atoms. The number of piperazine rings is 1. The molecule has 0 atom stereocenters. The maximum Gasteiger partial charge on any atom is 0.311 e. The maximum absolute atomic E-state index is 12.5. The summed E-state index contributed by atoms with van der Waals surface area (Å²) in [5.41, 5.74) is 1.60. The molecule has 2 aromatic rings. The van der Waals surface area contributed by atoms with Gasteiger partial charge in [-0.3, -0.25) is 19.7 Å². The number of carbonyl (C=O) groups is 2. The molecule has 3 rings (SSSR count). The molecule has 158 valence electrons. The lowest BCUT2D eigenvalue weighted by Crippen LogP contribution is -3.15. The Bertz CT molecular complexity index is 940. The minimum atomic E-state index is -0.516. The smallest absolute Gasteiger partial charge is 0.311 e. The second-order valence-electron chi connectivity index (χ2n) is 7.23. The number of amides is 2. The van der Waals surface area contributed by atoms with E-state index in [9.17, 15) is 19.7 Å². The summed E-state index contributed by atoms with van der Waals surface area (Å²) in [6, 6.07) is 12.0. The van der Waals surface area contributed by atoms with Gasteiger partial charge in [-0.2, -0.15) is 0 Å². The van der Waals surface area contributed by atoms with E-state index < -0.39 is 4.92 Å². The molecule has 30 heavy (non-hydrogen) atoms. The van der Waals surface area contributed by atoms with Crippen molar-refractivity contribution in [2.24, 2.45) is 0 Å². The number of nitro benzene ring substituents is 1. The highest BCUT2D eigenvalue weighted by molar-refractivity contribution is 5.94. The Morgan fingerprint density at radius 2 is 1.87 bits per heavy atom. The Morgan fingerprint density at radius 3 is 2.47 bits per heavy atom. The summed E-state index contributed by atoms with van der Waals surface area (Å²) >= 11 is 0. The van der Waals surface area contributed by atoms with Crippen molar-refractivity contribution >= 4 is 23.2 Å². The van der Waals surface area contributed by atoms with Crippen LogP contribution >= 0.6 is 0 Å². The third kappa shape index (κ3) is 4.93. The molecule has 9 nitrogen and oxygen atoms in total. The van der Waals surface area contributed by atoms with E-state index >= 15 is 0 Å². The van der Waals surface area contributed by atoms with Gasteiger partial charge in [-0.15, -0.1) is 0 Å². The predicted octanol–water partition coefficient (Wildman–Crippen LogP) is 0.891. The zero-order chi connectivity index (χ0) is 21.7. The molecular weight excluding hydrogens is 388 g/mol. The van der Waals surface area contributed by atoms with Gasteiger partial charge >= 0.3 is 5.69 Å². The first-order valence-electron chi connectivity index (χ1n) is 9.70. The van der Waals surface area contributed by atoms with E-state index in [1.807, 2.05) is 23.1 Å². The monoisotopic (exact) mass is 413 g/mol. The molecule has 1 heterocycles. The molecule has 9 heteroatoms. The van der Waals surface area contributed by atoms with Crippen molar-refractivity contribution in [1.82, 2.24) is 4.90 Å². The highest BCUT2D eigenvalue weighted by atomic mass is 16.6. The van der Waals surface area contributed by atoms with Crippen LogP contribution in [0.15, 0.2) is 42.5 Å². The molecule has 0 aliphatic carbocycles. The number of anilines is 1. The summed E-state index contributed by atoms with van der Waals surface area (Å²) in [6.07, 6.45) is 0. The zero-order valence-electron chi connectivity index (χ0n) is 17.0. The normalized spacial score (nSPS) is 14.3. The van der Waals surface area contributed by atoms with Crippen molar-refractivity contribution in [3.63, 3.8) is 0 Å². The van der Waals surface area contributed by atoms with Gasteiger partial charge in [0.2, 0.25) is 0 Å². The largest absolute Gasteiger partial charge is 0.490 e. The number of methoxy groups -OCH3 is 1. The Hall–Kier alpha value is -3.46. The SMILES string of the molecule is COc1cc(NC(=O)C[NH+]2CCN(C(=O)c3ccccc3)CC2)c(C)cc1[N+](=O)[O-]. The molecule has 0 aromatic heterocycles. The van der Waals surface area contributed by atoms with Crippen molar-refractivity contribution in [2.45, 2.75) is 6.92 Å². The topological polar surface area (TPSA) is 106 Å². The average molecular weight is 413 g/mol. The molecule has 0 saturated carbocycles. The lowest BCUT2D eigenvalue weighted by molar-refractivity contribution is -0.895. The van der Waals surface area contributed by atoms with Crippen LogP contribution < -0.4 is 15.0 Å². The number of rotatable bonds is 6. The van der Waals surface area contributed by atoms with Crippen molar-refractivity contribution in [3.8, 4) is 5.75 Å². The highest BCUT2D eigenvalue weighted by Crippen LogP contribution is 2.32. The Labute approximate surface area is 174 Å². The third-order valence-electron chi connectivity index (χ3n) is 5.19. The molecule has 0 spiro atoms. The predicted molar refractivity (Wildman–Crippen MR) is 111 cm³/mol. The lowest BCUT2D eigenvalue weighted by atomic mass is 10.1. The average Bonchev–Trinajstić information content (AvgIpc) is 2.75. The second kappa shape index (κ2) is 9.36. The number of carbonyl (C=O) groups excluding carboxylic acids is 2. The van der Waals surface area contributed by atoms with Gasteiger partial charge in [-0.1, -0.05) is 18.2 Å². The molecule has 2 amide bonds. The molecule has 0 unspecified atom stereocenters. The number of nitrogens with one attached hydrogen (secondary N) is 2. The van der Waals surface area contributed by atoms with Crippen LogP contribution in [0.3, 0.4) is 0 Å². The fraction of sp³-hybridized carbons (Fsp3) is 0.333. The molecule has 2 aromatic carbocycles. The molecule has 1 aliphatic heterocycles. The molecule has 1 saturated heterocycles. The first-order valence-corrected chi connectivity index (χ1v) is 9.70.